The Morgan fingerprint density at radius 2 is 1.58 bits per heavy atom. The van der Waals surface area contributed by atoms with E-state index in [9.17, 15) is 4.79 Å². The summed E-state index contributed by atoms with van der Waals surface area (Å²) in [7, 11) is 0. The van der Waals surface area contributed by atoms with Gasteiger partial charge >= 0.3 is 0 Å². The summed E-state index contributed by atoms with van der Waals surface area (Å²) < 4.78 is 0.971. The summed E-state index contributed by atoms with van der Waals surface area (Å²) in [6, 6.07) is 36.3. The molecule has 5 rings (SSSR count). The Hall–Kier alpha value is -4.03. The topological polar surface area (TPSA) is 58.1 Å². The largest absolute Gasteiger partial charge is 0.351 e. The van der Waals surface area contributed by atoms with Gasteiger partial charge in [-0.1, -0.05) is 101 Å². The van der Waals surface area contributed by atoms with Crippen LogP contribution in [0, 0.1) is 0 Å². The molecule has 1 aromatic heterocycles. The standard InChI is InChI=1S/C32H29BrN4O/c1-23(25-13-6-3-7-14-25)34-30(38)19-20-37(22-24-11-4-2-5-12-24)32-28-17-8-9-18-29(28)35-31(36-32)26-15-10-16-27(33)21-26/h2-18,21,23H,19-20,22H2,1H3,(H,34,38). The number of hydrogen-bond acceptors (Lipinski definition) is 4. The molecule has 0 radical (unpaired) electrons. The number of fused-ring (bicyclic) bond motifs is 1. The van der Waals surface area contributed by atoms with Crippen LogP contribution in [0.5, 0.6) is 0 Å². The summed E-state index contributed by atoms with van der Waals surface area (Å²) in [6.45, 7) is 3.15. The molecule has 0 aliphatic heterocycles. The van der Waals surface area contributed by atoms with Crippen molar-refractivity contribution in [2.45, 2.75) is 25.9 Å². The molecule has 0 saturated heterocycles. The molecular weight excluding hydrogens is 536 g/mol. The molecule has 190 valence electrons. The first-order valence-corrected chi connectivity index (χ1v) is 13.5. The van der Waals surface area contributed by atoms with Crippen molar-refractivity contribution in [3.05, 3.63) is 125 Å². The van der Waals surface area contributed by atoms with Crippen molar-refractivity contribution in [2.24, 2.45) is 0 Å². The molecule has 38 heavy (non-hydrogen) atoms. The number of rotatable bonds is 9. The molecule has 1 heterocycles. The maximum Gasteiger partial charge on any atom is 0.222 e. The summed E-state index contributed by atoms with van der Waals surface area (Å²) in [6.07, 6.45) is 0.342. The predicted octanol–water partition coefficient (Wildman–Crippen LogP) is 7.33. The number of carbonyl (C=O) groups is 1. The van der Waals surface area contributed by atoms with E-state index >= 15 is 0 Å². The van der Waals surface area contributed by atoms with Gasteiger partial charge in [-0.05, 0) is 42.3 Å². The minimum Gasteiger partial charge on any atom is -0.351 e. The predicted molar refractivity (Wildman–Crippen MR) is 158 cm³/mol. The minimum atomic E-state index is -0.0608. The fourth-order valence-electron chi connectivity index (χ4n) is 4.50. The van der Waals surface area contributed by atoms with Gasteiger partial charge in [-0.15, -0.1) is 0 Å². The molecule has 1 atom stereocenters. The van der Waals surface area contributed by atoms with Gasteiger partial charge < -0.3 is 10.2 Å². The Labute approximate surface area is 231 Å². The second-order valence-corrected chi connectivity index (χ2v) is 10.2. The molecule has 0 spiro atoms. The maximum absolute atomic E-state index is 13.0. The maximum atomic E-state index is 13.0. The highest BCUT2D eigenvalue weighted by Crippen LogP contribution is 2.30. The molecule has 6 heteroatoms. The molecule has 4 aromatic carbocycles. The number of halogens is 1. The Bertz CT molecular complexity index is 1530. The van der Waals surface area contributed by atoms with Crippen molar-refractivity contribution in [2.75, 3.05) is 11.4 Å². The number of benzene rings is 4. The van der Waals surface area contributed by atoms with Crippen molar-refractivity contribution in [1.82, 2.24) is 15.3 Å². The van der Waals surface area contributed by atoms with Crippen LogP contribution in [-0.2, 0) is 11.3 Å². The van der Waals surface area contributed by atoms with E-state index < -0.39 is 0 Å². The monoisotopic (exact) mass is 564 g/mol. The van der Waals surface area contributed by atoms with Gasteiger partial charge in [0.2, 0.25) is 5.91 Å². The highest BCUT2D eigenvalue weighted by Gasteiger charge is 2.18. The van der Waals surface area contributed by atoms with Gasteiger partial charge in [-0.25, -0.2) is 9.97 Å². The van der Waals surface area contributed by atoms with E-state index in [1.807, 2.05) is 104 Å². The SMILES string of the molecule is CC(NC(=O)CCN(Cc1ccccc1)c1nc(-c2cccc(Br)c2)nc2ccccc12)c1ccccc1. The van der Waals surface area contributed by atoms with Crippen LogP contribution < -0.4 is 10.2 Å². The first-order valence-electron chi connectivity index (χ1n) is 12.7. The molecule has 5 aromatic rings. The minimum absolute atomic E-state index is 0.00462. The number of hydrogen-bond donors (Lipinski definition) is 1. The van der Waals surface area contributed by atoms with E-state index in [0.29, 0.717) is 25.3 Å². The van der Waals surface area contributed by atoms with Crippen molar-refractivity contribution in [3.63, 3.8) is 0 Å². The van der Waals surface area contributed by atoms with Crippen LogP contribution in [0.25, 0.3) is 22.3 Å². The molecule has 0 saturated carbocycles. The number of nitrogens with zero attached hydrogens (tertiary/aromatic N) is 3. The molecule has 5 nitrogen and oxygen atoms in total. The van der Waals surface area contributed by atoms with Gasteiger partial charge in [0.1, 0.15) is 5.82 Å². The van der Waals surface area contributed by atoms with Crippen molar-refractivity contribution in [3.8, 4) is 11.4 Å². The zero-order valence-electron chi connectivity index (χ0n) is 21.2. The number of aromatic nitrogens is 2. The van der Waals surface area contributed by atoms with Crippen molar-refractivity contribution in [1.29, 1.82) is 0 Å². The fraction of sp³-hybridized carbons (Fsp3) is 0.156. The van der Waals surface area contributed by atoms with Crippen LogP contribution in [0.15, 0.2) is 114 Å². The lowest BCUT2D eigenvalue weighted by Crippen LogP contribution is -2.32. The Kier molecular flexibility index (Phi) is 8.09. The molecule has 1 unspecified atom stereocenters. The smallest absolute Gasteiger partial charge is 0.222 e. The number of amides is 1. The molecule has 0 fully saturated rings. The van der Waals surface area contributed by atoms with E-state index in [1.54, 1.807) is 0 Å². The third-order valence-corrected chi connectivity index (χ3v) is 6.96. The zero-order chi connectivity index (χ0) is 26.3. The number of anilines is 1. The summed E-state index contributed by atoms with van der Waals surface area (Å²) >= 11 is 3.57. The van der Waals surface area contributed by atoms with Gasteiger partial charge in [0.05, 0.1) is 11.6 Å². The van der Waals surface area contributed by atoms with Gasteiger partial charge in [-0.2, -0.15) is 0 Å². The van der Waals surface area contributed by atoms with E-state index in [4.69, 9.17) is 9.97 Å². The molecular formula is C32H29BrN4O. The highest BCUT2D eigenvalue weighted by molar-refractivity contribution is 9.10. The zero-order valence-corrected chi connectivity index (χ0v) is 22.8. The lowest BCUT2D eigenvalue weighted by atomic mass is 10.1. The van der Waals surface area contributed by atoms with Crippen molar-refractivity contribution < 1.29 is 4.79 Å². The molecule has 0 bridgehead atoms. The quantitative estimate of drug-likeness (QED) is 0.203. The summed E-state index contributed by atoms with van der Waals surface area (Å²) in [4.78, 5) is 25.1. The number of carbonyl (C=O) groups excluding carboxylic acids is 1. The second kappa shape index (κ2) is 12.0. The van der Waals surface area contributed by atoms with Crippen LogP contribution in [0.4, 0.5) is 5.82 Å². The first-order chi connectivity index (χ1) is 18.6. The fourth-order valence-corrected chi connectivity index (χ4v) is 4.90. The summed E-state index contributed by atoms with van der Waals surface area (Å²) in [5.41, 5.74) is 4.04. The van der Waals surface area contributed by atoms with E-state index in [-0.39, 0.29) is 11.9 Å². The second-order valence-electron chi connectivity index (χ2n) is 9.26. The van der Waals surface area contributed by atoms with Gasteiger partial charge in [-0.3, -0.25) is 4.79 Å². The molecule has 0 aliphatic carbocycles. The average molecular weight is 566 g/mol. The lowest BCUT2D eigenvalue weighted by molar-refractivity contribution is -0.121. The Morgan fingerprint density at radius 1 is 0.868 bits per heavy atom. The van der Waals surface area contributed by atoms with Gasteiger partial charge in [0.25, 0.3) is 0 Å². The highest BCUT2D eigenvalue weighted by atomic mass is 79.9. The third kappa shape index (κ3) is 6.26. The third-order valence-electron chi connectivity index (χ3n) is 6.47. The Balaban J connectivity index is 1.47. The van der Waals surface area contributed by atoms with Crippen LogP contribution in [0.1, 0.15) is 30.5 Å². The number of para-hydroxylation sites is 1. The summed E-state index contributed by atoms with van der Waals surface area (Å²) in [5.74, 6) is 1.48. The normalized spacial score (nSPS) is 11.7. The van der Waals surface area contributed by atoms with E-state index in [0.717, 1.165) is 37.9 Å². The van der Waals surface area contributed by atoms with Gasteiger partial charge in [0, 0.05) is 34.9 Å². The molecule has 1 N–H and O–H groups in total. The van der Waals surface area contributed by atoms with Crippen LogP contribution in [0.2, 0.25) is 0 Å². The number of nitrogens with one attached hydrogen (secondary N) is 1. The average Bonchev–Trinajstić information content (AvgIpc) is 2.95. The van der Waals surface area contributed by atoms with E-state index in [2.05, 4.69) is 38.3 Å². The van der Waals surface area contributed by atoms with Crippen LogP contribution >= 0.6 is 15.9 Å². The Morgan fingerprint density at radius 3 is 2.34 bits per heavy atom. The molecule has 0 aliphatic rings. The molecule has 1 amide bonds. The van der Waals surface area contributed by atoms with Gasteiger partial charge in [0.15, 0.2) is 5.82 Å². The van der Waals surface area contributed by atoms with Crippen LogP contribution in [-0.4, -0.2) is 22.4 Å². The summed E-state index contributed by atoms with van der Waals surface area (Å²) in [5, 5.41) is 4.10. The van der Waals surface area contributed by atoms with Crippen LogP contribution in [0.3, 0.4) is 0 Å². The van der Waals surface area contributed by atoms with E-state index in [1.165, 1.54) is 0 Å². The van der Waals surface area contributed by atoms with Crippen molar-refractivity contribution >= 4 is 38.6 Å². The first kappa shape index (κ1) is 25.6. The lowest BCUT2D eigenvalue weighted by Gasteiger charge is -2.26.